The van der Waals surface area contributed by atoms with Gasteiger partial charge in [-0.1, -0.05) is 93.1 Å². The van der Waals surface area contributed by atoms with Crippen LogP contribution < -0.4 is 0 Å². The highest BCUT2D eigenvalue weighted by atomic mass is 16.1. The molecule has 0 saturated carbocycles. The van der Waals surface area contributed by atoms with E-state index in [1.807, 2.05) is 79.7 Å². The predicted octanol–water partition coefficient (Wildman–Crippen LogP) is 5.75. The van der Waals surface area contributed by atoms with Gasteiger partial charge in [-0.25, -0.2) is 0 Å². The van der Waals surface area contributed by atoms with Crippen LogP contribution in [0.2, 0.25) is 0 Å². The number of hydrogen-bond donors (Lipinski definition) is 0. The Labute approximate surface area is 150 Å². The van der Waals surface area contributed by atoms with Crippen molar-refractivity contribution in [3.05, 3.63) is 83.9 Å². The summed E-state index contributed by atoms with van der Waals surface area (Å²) in [6, 6.07) is 19.4. The van der Waals surface area contributed by atoms with Gasteiger partial charge in [0.05, 0.1) is 0 Å². The van der Waals surface area contributed by atoms with Crippen LogP contribution in [0.15, 0.2) is 72.8 Å². The Morgan fingerprint density at radius 2 is 1.16 bits per heavy atom. The molecule has 0 radical (unpaired) electrons. The molecule has 0 saturated heterocycles. The van der Waals surface area contributed by atoms with Crippen LogP contribution in [0.3, 0.4) is 0 Å². The lowest BCUT2D eigenvalue weighted by molar-refractivity contribution is -0.104. The third-order valence-electron chi connectivity index (χ3n) is 3.55. The summed E-state index contributed by atoms with van der Waals surface area (Å²) < 4.78 is 0. The van der Waals surface area contributed by atoms with Crippen molar-refractivity contribution < 1.29 is 9.59 Å². The topological polar surface area (TPSA) is 34.1 Å². The van der Waals surface area contributed by atoms with Gasteiger partial charge in [-0.2, -0.15) is 0 Å². The van der Waals surface area contributed by atoms with Gasteiger partial charge in [0, 0.05) is 11.1 Å². The Bertz CT molecular complexity index is 683. The molecule has 130 valence electrons. The second kappa shape index (κ2) is 12.7. The number of benzene rings is 2. The lowest BCUT2D eigenvalue weighted by Crippen LogP contribution is -1.84. The fraction of sp³-hybridized carbons (Fsp3) is 0.217. The normalized spacial score (nSPS) is 11.3. The number of aldehydes is 2. The molecular formula is C23H26O2. The summed E-state index contributed by atoms with van der Waals surface area (Å²) in [5, 5.41) is 0. The Morgan fingerprint density at radius 3 is 1.52 bits per heavy atom. The second-order valence-corrected chi connectivity index (χ2v) is 5.48. The maximum Gasteiger partial charge on any atom is 0.150 e. The number of allylic oxidation sites excluding steroid dienone is 4. The van der Waals surface area contributed by atoms with Crippen LogP contribution in [0.1, 0.15) is 44.2 Å². The minimum absolute atomic E-state index is 0.776. The van der Waals surface area contributed by atoms with Gasteiger partial charge in [0.15, 0.2) is 0 Å². The first-order valence-electron chi connectivity index (χ1n) is 8.68. The molecule has 25 heavy (non-hydrogen) atoms. The maximum atomic E-state index is 10.7. The summed E-state index contributed by atoms with van der Waals surface area (Å²) in [5.41, 5.74) is 3.57. The van der Waals surface area contributed by atoms with Crippen LogP contribution in [-0.2, 0) is 9.59 Å². The second-order valence-electron chi connectivity index (χ2n) is 5.48. The van der Waals surface area contributed by atoms with E-state index in [2.05, 4.69) is 6.92 Å². The molecule has 0 spiro atoms. The summed E-state index contributed by atoms with van der Waals surface area (Å²) in [7, 11) is 0. The number of hydrogen-bond acceptors (Lipinski definition) is 2. The highest BCUT2D eigenvalue weighted by molar-refractivity contribution is 6.07. The molecular weight excluding hydrogens is 308 g/mol. The van der Waals surface area contributed by atoms with Crippen molar-refractivity contribution in [3.63, 3.8) is 0 Å². The van der Waals surface area contributed by atoms with Gasteiger partial charge in [-0.15, -0.1) is 0 Å². The van der Waals surface area contributed by atoms with Crippen molar-refractivity contribution in [1.29, 1.82) is 0 Å². The van der Waals surface area contributed by atoms with Crippen LogP contribution >= 0.6 is 0 Å². The lowest BCUT2D eigenvalue weighted by atomic mass is 10.1. The largest absolute Gasteiger partial charge is 0.298 e. The molecule has 0 bridgehead atoms. The fourth-order valence-electron chi connectivity index (χ4n) is 2.25. The van der Waals surface area contributed by atoms with Crippen molar-refractivity contribution >= 4 is 23.7 Å². The molecule has 2 rings (SSSR count). The van der Waals surface area contributed by atoms with E-state index >= 15 is 0 Å². The van der Waals surface area contributed by atoms with Crippen molar-refractivity contribution in [3.8, 4) is 0 Å². The molecule has 0 aliphatic carbocycles. The summed E-state index contributed by atoms with van der Waals surface area (Å²) in [6.45, 7) is 4.12. The molecule has 0 aromatic heterocycles. The summed E-state index contributed by atoms with van der Waals surface area (Å²) in [4.78, 5) is 21.4. The van der Waals surface area contributed by atoms with Crippen LogP contribution in [0.25, 0.3) is 11.1 Å². The molecule has 0 N–H and O–H groups in total. The van der Waals surface area contributed by atoms with E-state index < -0.39 is 0 Å². The first kappa shape index (κ1) is 20.3. The summed E-state index contributed by atoms with van der Waals surface area (Å²) in [5.74, 6) is 0. The monoisotopic (exact) mass is 334 g/mol. The molecule has 2 aromatic rings. The quantitative estimate of drug-likeness (QED) is 0.477. The highest BCUT2D eigenvalue weighted by Crippen LogP contribution is 2.12. The SMILES string of the molecule is CCC=C(C=O)c1ccccc1.CCCC=C(C=O)c1ccccc1. The van der Waals surface area contributed by atoms with Crippen LogP contribution in [0.4, 0.5) is 0 Å². The van der Waals surface area contributed by atoms with Crippen molar-refractivity contribution in [1.82, 2.24) is 0 Å². The van der Waals surface area contributed by atoms with Gasteiger partial charge >= 0.3 is 0 Å². The van der Waals surface area contributed by atoms with Crippen LogP contribution in [0.5, 0.6) is 0 Å². The van der Waals surface area contributed by atoms with Gasteiger partial charge < -0.3 is 0 Å². The van der Waals surface area contributed by atoms with Gasteiger partial charge in [0.1, 0.15) is 12.6 Å². The first-order valence-corrected chi connectivity index (χ1v) is 8.68. The summed E-state index contributed by atoms with van der Waals surface area (Å²) >= 11 is 0. The molecule has 0 heterocycles. The zero-order valence-corrected chi connectivity index (χ0v) is 15.0. The number of unbranched alkanes of at least 4 members (excludes halogenated alkanes) is 1. The molecule has 2 heteroatoms. The lowest BCUT2D eigenvalue weighted by Gasteiger charge is -1.98. The Hall–Kier alpha value is -2.74. The van der Waals surface area contributed by atoms with Gasteiger partial charge in [-0.3, -0.25) is 9.59 Å². The minimum atomic E-state index is 0.776. The third kappa shape index (κ3) is 7.58. The maximum absolute atomic E-state index is 10.7. The molecule has 2 nitrogen and oxygen atoms in total. The Balaban J connectivity index is 0.000000251. The number of rotatable bonds is 7. The molecule has 0 aliphatic heterocycles. The predicted molar refractivity (Wildman–Crippen MR) is 106 cm³/mol. The first-order chi connectivity index (χ1) is 12.3. The standard InChI is InChI=1S/C12H14O.C11H12O/c1-2-3-7-12(10-13)11-8-5-4-6-9-11;1-2-6-11(9-12)10-7-4-3-5-8-10/h4-10H,2-3H2,1H3;3-9H,2H2,1H3. The van der Waals surface area contributed by atoms with Gasteiger partial charge in [0.25, 0.3) is 0 Å². The molecule has 0 fully saturated rings. The van der Waals surface area contributed by atoms with Crippen LogP contribution in [-0.4, -0.2) is 12.6 Å². The zero-order valence-electron chi connectivity index (χ0n) is 15.0. The average molecular weight is 334 g/mol. The number of carbonyl (C=O) groups excluding carboxylic acids is 2. The molecule has 0 unspecified atom stereocenters. The van der Waals surface area contributed by atoms with E-state index in [0.29, 0.717) is 0 Å². The van der Waals surface area contributed by atoms with Gasteiger partial charge in [-0.05, 0) is 24.0 Å². The van der Waals surface area contributed by atoms with E-state index in [-0.39, 0.29) is 0 Å². The fourth-order valence-corrected chi connectivity index (χ4v) is 2.25. The molecule has 0 atom stereocenters. The number of carbonyl (C=O) groups is 2. The zero-order chi connectivity index (χ0) is 18.3. The smallest absolute Gasteiger partial charge is 0.150 e. The van der Waals surface area contributed by atoms with E-state index in [4.69, 9.17) is 0 Å². The van der Waals surface area contributed by atoms with Crippen LogP contribution in [0, 0.1) is 0 Å². The Morgan fingerprint density at radius 1 is 0.720 bits per heavy atom. The summed E-state index contributed by atoms with van der Waals surface area (Å²) in [6.07, 6.45) is 8.67. The molecule has 2 aromatic carbocycles. The average Bonchev–Trinajstić information content (AvgIpc) is 2.69. The third-order valence-corrected chi connectivity index (χ3v) is 3.55. The van der Waals surface area contributed by atoms with Gasteiger partial charge in [0.2, 0.25) is 0 Å². The molecule has 0 amide bonds. The van der Waals surface area contributed by atoms with E-state index in [9.17, 15) is 9.59 Å². The molecule has 0 aliphatic rings. The van der Waals surface area contributed by atoms with E-state index in [0.717, 1.165) is 54.1 Å². The highest BCUT2D eigenvalue weighted by Gasteiger charge is 1.97. The van der Waals surface area contributed by atoms with Crippen molar-refractivity contribution in [2.45, 2.75) is 33.1 Å². The minimum Gasteiger partial charge on any atom is -0.298 e. The Kier molecular flexibility index (Phi) is 10.3. The van der Waals surface area contributed by atoms with Crippen molar-refractivity contribution in [2.24, 2.45) is 0 Å². The van der Waals surface area contributed by atoms with E-state index in [1.54, 1.807) is 0 Å². The van der Waals surface area contributed by atoms with Crippen molar-refractivity contribution in [2.75, 3.05) is 0 Å². The van der Waals surface area contributed by atoms with E-state index in [1.165, 1.54) is 0 Å².